The fourth-order valence-electron chi connectivity index (χ4n) is 5.63. The summed E-state index contributed by atoms with van der Waals surface area (Å²) < 4.78 is 34.3. The minimum Gasteiger partial charge on any atom is -0.385 e. The molecule has 6 rings (SSSR count). The lowest BCUT2D eigenvalue weighted by Crippen LogP contribution is -2.41. The third kappa shape index (κ3) is 4.51. The van der Waals surface area contributed by atoms with Gasteiger partial charge in [0.25, 0.3) is 5.91 Å². The zero-order chi connectivity index (χ0) is 27.1. The number of carbonyl (C=O) groups is 2. The van der Waals surface area contributed by atoms with Crippen LogP contribution in [-0.2, 0) is 19.6 Å². The molecule has 10 heteroatoms. The van der Waals surface area contributed by atoms with Gasteiger partial charge in [-0.25, -0.2) is 8.42 Å². The average Bonchev–Trinajstić information content (AvgIpc) is 3.51. The van der Waals surface area contributed by atoms with E-state index >= 15 is 0 Å². The number of carbonyl (C=O) groups excluding carboxylic acids is 2. The maximum atomic E-state index is 13.4. The SMILES string of the molecule is COCCCN1C(=O)c2cccc3c(NC(=O)C4CCN(S(=O)(=O)c5csc6ccccc56)CC4)ccc1c23. The van der Waals surface area contributed by atoms with E-state index in [1.807, 2.05) is 54.6 Å². The standard InChI is InChI=1S/C29H29N3O5S2/c1-37-17-5-14-32-24-11-10-23(20-7-4-8-22(27(20)24)29(32)34)30-28(33)19-12-15-31(16-13-19)39(35,36)26-18-38-25-9-3-2-6-21(25)26/h2-4,6-11,18-19H,5,12-17H2,1H3,(H,30,33). The largest absolute Gasteiger partial charge is 0.385 e. The fourth-order valence-corrected chi connectivity index (χ4v) is 8.57. The molecule has 0 radical (unpaired) electrons. The van der Waals surface area contributed by atoms with Gasteiger partial charge < -0.3 is 15.0 Å². The third-order valence-corrected chi connectivity index (χ3v) is 10.7. The first kappa shape index (κ1) is 25.9. The quantitative estimate of drug-likeness (QED) is 0.301. The lowest BCUT2D eigenvalue weighted by molar-refractivity contribution is -0.120. The van der Waals surface area contributed by atoms with Crippen molar-refractivity contribution in [1.29, 1.82) is 0 Å². The van der Waals surface area contributed by atoms with Crippen LogP contribution in [0.3, 0.4) is 0 Å². The molecule has 3 heterocycles. The average molecular weight is 564 g/mol. The van der Waals surface area contributed by atoms with Crippen LogP contribution >= 0.6 is 11.3 Å². The molecule has 1 N–H and O–H groups in total. The minimum absolute atomic E-state index is 0.0397. The van der Waals surface area contributed by atoms with E-state index in [9.17, 15) is 18.0 Å². The van der Waals surface area contributed by atoms with Gasteiger partial charge >= 0.3 is 0 Å². The predicted molar refractivity (Wildman–Crippen MR) is 154 cm³/mol. The van der Waals surface area contributed by atoms with Gasteiger partial charge in [-0.3, -0.25) is 9.59 Å². The van der Waals surface area contributed by atoms with Crippen molar-refractivity contribution in [2.45, 2.75) is 24.2 Å². The van der Waals surface area contributed by atoms with Gasteiger partial charge in [0.05, 0.1) is 5.69 Å². The molecule has 1 saturated heterocycles. The van der Waals surface area contributed by atoms with Gasteiger partial charge in [-0.05, 0) is 43.5 Å². The second-order valence-corrected chi connectivity index (χ2v) is 12.7. The molecule has 0 aliphatic carbocycles. The Balaban J connectivity index is 1.17. The Morgan fingerprint density at radius 1 is 1.05 bits per heavy atom. The van der Waals surface area contributed by atoms with Crippen molar-refractivity contribution in [2.24, 2.45) is 5.92 Å². The summed E-state index contributed by atoms with van der Waals surface area (Å²) in [6, 6.07) is 16.8. The maximum Gasteiger partial charge on any atom is 0.258 e. The molecule has 0 spiro atoms. The first-order chi connectivity index (χ1) is 18.9. The number of hydrogen-bond donors (Lipinski definition) is 1. The van der Waals surface area contributed by atoms with E-state index in [-0.39, 0.29) is 17.7 Å². The van der Waals surface area contributed by atoms with Gasteiger partial charge in [-0.1, -0.05) is 30.3 Å². The molecule has 3 aromatic carbocycles. The molecule has 0 unspecified atom stereocenters. The van der Waals surface area contributed by atoms with Gasteiger partial charge in [-0.2, -0.15) is 4.31 Å². The smallest absolute Gasteiger partial charge is 0.258 e. The number of rotatable bonds is 8. The molecule has 2 amide bonds. The number of hydrogen-bond acceptors (Lipinski definition) is 6. The number of nitrogens with one attached hydrogen (secondary N) is 1. The summed E-state index contributed by atoms with van der Waals surface area (Å²) in [5, 5.41) is 7.19. The number of benzene rings is 3. The monoisotopic (exact) mass is 563 g/mol. The molecular formula is C29H29N3O5S2. The summed E-state index contributed by atoms with van der Waals surface area (Å²) in [6.07, 6.45) is 1.62. The number of thiophene rings is 1. The fraction of sp³-hybridized carbons (Fsp3) is 0.310. The van der Waals surface area contributed by atoms with Crippen LogP contribution in [0.25, 0.3) is 20.9 Å². The first-order valence-electron chi connectivity index (χ1n) is 13.0. The van der Waals surface area contributed by atoms with Crippen molar-refractivity contribution in [3.05, 3.63) is 65.5 Å². The highest BCUT2D eigenvalue weighted by Gasteiger charge is 2.34. The van der Waals surface area contributed by atoms with E-state index in [0.29, 0.717) is 55.2 Å². The van der Waals surface area contributed by atoms with Crippen LogP contribution in [0.5, 0.6) is 0 Å². The predicted octanol–water partition coefficient (Wildman–Crippen LogP) is 5.09. The summed E-state index contributed by atoms with van der Waals surface area (Å²) >= 11 is 1.42. The molecular weight excluding hydrogens is 534 g/mol. The van der Waals surface area contributed by atoms with Gasteiger partial charge in [0.2, 0.25) is 15.9 Å². The summed E-state index contributed by atoms with van der Waals surface area (Å²) in [7, 11) is -1.99. The topological polar surface area (TPSA) is 96.0 Å². The van der Waals surface area contributed by atoms with Crippen LogP contribution in [-0.4, -0.2) is 57.9 Å². The molecule has 2 aliphatic rings. The molecule has 202 valence electrons. The Morgan fingerprint density at radius 3 is 2.62 bits per heavy atom. The molecule has 0 atom stereocenters. The van der Waals surface area contributed by atoms with E-state index in [2.05, 4.69) is 5.32 Å². The van der Waals surface area contributed by atoms with Crippen LogP contribution in [0.2, 0.25) is 0 Å². The van der Waals surface area contributed by atoms with Crippen molar-refractivity contribution >= 4 is 65.4 Å². The third-order valence-electron chi connectivity index (χ3n) is 7.66. The van der Waals surface area contributed by atoms with Crippen LogP contribution in [0.1, 0.15) is 29.6 Å². The van der Waals surface area contributed by atoms with Crippen LogP contribution in [0.15, 0.2) is 64.9 Å². The Kier molecular flexibility index (Phi) is 6.88. The lowest BCUT2D eigenvalue weighted by atomic mass is 9.96. The minimum atomic E-state index is -3.64. The van der Waals surface area contributed by atoms with Crippen molar-refractivity contribution in [3.8, 4) is 0 Å². The van der Waals surface area contributed by atoms with E-state index in [1.165, 1.54) is 15.6 Å². The van der Waals surface area contributed by atoms with Crippen molar-refractivity contribution in [3.63, 3.8) is 0 Å². The van der Waals surface area contributed by atoms with Crippen molar-refractivity contribution < 1.29 is 22.7 Å². The maximum absolute atomic E-state index is 13.4. The van der Waals surface area contributed by atoms with Crippen molar-refractivity contribution in [2.75, 3.05) is 43.6 Å². The normalized spacial score (nSPS) is 16.4. The molecule has 1 fully saturated rings. The van der Waals surface area contributed by atoms with E-state index < -0.39 is 10.0 Å². The molecule has 8 nitrogen and oxygen atoms in total. The highest BCUT2D eigenvalue weighted by molar-refractivity contribution is 7.89. The van der Waals surface area contributed by atoms with E-state index in [0.717, 1.165) is 33.0 Å². The number of nitrogens with zero attached hydrogens (tertiary/aromatic N) is 2. The Hall–Kier alpha value is -3.31. The van der Waals surface area contributed by atoms with Crippen molar-refractivity contribution in [1.82, 2.24) is 4.31 Å². The van der Waals surface area contributed by atoms with E-state index in [1.54, 1.807) is 17.4 Å². The number of ether oxygens (including phenoxy) is 1. The first-order valence-corrected chi connectivity index (χ1v) is 15.4. The van der Waals surface area contributed by atoms with Crippen LogP contribution in [0, 0.1) is 5.92 Å². The Morgan fingerprint density at radius 2 is 1.82 bits per heavy atom. The number of anilines is 2. The van der Waals surface area contributed by atoms with Gasteiger partial charge in [0, 0.05) is 76.8 Å². The molecule has 0 bridgehead atoms. The highest BCUT2D eigenvalue weighted by atomic mass is 32.2. The van der Waals surface area contributed by atoms with Crippen LogP contribution < -0.4 is 10.2 Å². The lowest BCUT2D eigenvalue weighted by Gasteiger charge is -2.30. The number of fused-ring (bicyclic) bond motifs is 1. The number of methoxy groups -OCH3 is 1. The second kappa shape index (κ2) is 10.3. The van der Waals surface area contributed by atoms with Crippen LogP contribution in [0.4, 0.5) is 11.4 Å². The Labute approximate surface area is 231 Å². The van der Waals surface area contributed by atoms with Gasteiger partial charge in [0.1, 0.15) is 4.90 Å². The summed E-state index contributed by atoms with van der Waals surface area (Å²) in [4.78, 5) is 28.5. The Bertz CT molecular complexity index is 1690. The van der Waals surface area contributed by atoms with E-state index in [4.69, 9.17) is 4.74 Å². The zero-order valence-corrected chi connectivity index (χ0v) is 23.2. The van der Waals surface area contributed by atoms with Gasteiger partial charge in [-0.15, -0.1) is 11.3 Å². The molecule has 39 heavy (non-hydrogen) atoms. The molecule has 2 aliphatic heterocycles. The number of piperidine rings is 1. The zero-order valence-electron chi connectivity index (χ0n) is 21.6. The van der Waals surface area contributed by atoms with Gasteiger partial charge in [0.15, 0.2) is 0 Å². The molecule has 0 saturated carbocycles. The summed E-state index contributed by atoms with van der Waals surface area (Å²) in [5.74, 6) is -0.469. The summed E-state index contributed by atoms with van der Waals surface area (Å²) in [5.41, 5.74) is 2.14. The second-order valence-electron chi connectivity index (χ2n) is 9.93. The molecule has 4 aromatic rings. The number of amides is 2. The number of sulfonamides is 1. The summed E-state index contributed by atoms with van der Waals surface area (Å²) in [6.45, 7) is 1.71. The highest BCUT2D eigenvalue weighted by Crippen LogP contribution is 2.41. The molecule has 1 aromatic heterocycles.